The first kappa shape index (κ1) is 18.0. The lowest BCUT2D eigenvalue weighted by molar-refractivity contribution is -0.150. The molecule has 1 aliphatic heterocycles. The van der Waals surface area contributed by atoms with Crippen LogP contribution in [0.1, 0.15) is 30.9 Å². The normalized spacial score (nSPS) is 19.2. The standard InChI is InChI=1S/C19H19F2N3O2/c1-13(25)24-19(10-5-11-22,14-6-3-2-4-7-14)26-18(23-24)16-12-15(20)8-9-17(16)21/h2-4,6-9,12H,5,10-11,22H2,1H3. The van der Waals surface area contributed by atoms with Gasteiger partial charge in [0.2, 0.25) is 17.5 Å². The molecule has 1 aliphatic rings. The third-order valence-electron chi connectivity index (χ3n) is 4.20. The highest BCUT2D eigenvalue weighted by Crippen LogP contribution is 2.40. The van der Waals surface area contributed by atoms with Crippen LogP contribution in [-0.2, 0) is 15.3 Å². The number of hydrogen-bond acceptors (Lipinski definition) is 4. The Labute approximate surface area is 150 Å². The van der Waals surface area contributed by atoms with Gasteiger partial charge in [-0.25, -0.2) is 8.78 Å². The zero-order valence-electron chi connectivity index (χ0n) is 14.3. The van der Waals surface area contributed by atoms with Gasteiger partial charge < -0.3 is 10.5 Å². The Hall–Kier alpha value is -2.80. The summed E-state index contributed by atoms with van der Waals surface area (Å²) >= 11 is 0. The summed E-state index contributed by atoms with van der Waals surface area (Å²) in [6, 6.07) is 12.0. The molecule has 1 atom stereocenters. The summed E-state index contributed by atoms with van der Waals surface area (Å²) in [5, 5.41) is 5.35. The maximum atomic E-state index is 14.2. The number of hydrogen-bond donors (Lipinski definition) is 1. The van der Waals surface area contributed by atoms with Crippen LogP contribution in [0, 0.1) is 11.6 Å². The van der Waals surface area contributed by atoms with E-state index in [0.717, 1.165) is 18.2 Å². The van der Waals surface area contributed by atoms with Crippen LogP contribution < -0.4 is 5.73 Å². The Balaban J connectivity index is 2.11. The van der Waals surface area contributed by atoms with Crippen molar-refractivity contribution in [3.8, 4) is 0 Å². The average Bonchev–Trinajstić information content (AvgIpc) is 3.04. The lowest BCUT2D eigenvalue weighted by Crippen LogP contribution is -2.44. The van der Waals surface area contributed by atoms with Crippen LogP contribution in [0.4, 0.5) is 8.78 Å². The van der Waals surface area contributed by atoms with Crippen molar-refractivity contribution in [1.82, 2.24) is 5.01 Å². The summed E-state index contributed by atoms with van der Waals surface area (Å²) in [5.41, 5.74) is 4.94. The highest BCUT2D eigenvalue weighted by Gasteiger charge is 2.48. The average molecular weight is 359 g/mol. The molecule has 3 rings (SSSR count). The molecular formula is C19H19F2N3O2. The molecule has 0 radical (unpaired) electrons. The van der Waals surface area contributed by atoms with Crippen molar-refractivity contribution in [3.05, 3.63) is 71.3 Å². The van der Waals surface area contributed by atoms with E-state index in [1.807, 2.05) is 18.2 Å². The Morgan fingerprint density at radius 2 is 1.96 bits per heavy atom. The van der Waals surface area contributed by atoms with Crippen LogP contribution in [0.15, 0.2) is 53.6 Å². The third-order valence-corrected chi connectivity index (χ3v) is 4.20. The van der Waals surface area contributed by atoms with Crippen molar-refractivity contribution in [2.24, 2.45) is 10.8 Å². The molecule has 2 aromatic carbocycles. The third kappa shape index (κ3) is 3.17. The van der Waals surface area contributed by atoms with Gasteiger partial charge in [-0.05, 0) is 31.2 Å². The summed E-state index contributed by atoms with van der Waals surface area (Å²) in [5.74, 6) is -1.83. The predicted molar refractivity (Wildman–Crippen MR) is 92.9 cm³/mol. The first-order valence-corrected chi connectivity index (χ1v) is 8.27. The molecule has 1 amide bonds. The van der Waals surface area contributed by atoms with Gasteiger partial charge in [-0.15, -0.1) is 5.10 Å². The molecule has 0 aromatic heterocycles. The zero-order valence-corrected chi connectivity index (χ0v) is 14.3. The van der Waals surface area contributed by atoms with E-state index >= 15 is 0 Å². The van der Waals surface area contributed by atoms with Gasteiger partial charge in [-0.1, -0.05) is 30.3 Å². The molecule has 7 heteroatoms. The van der Waals surface area contributed by atoms with Crippen molar-refractivity contribution < 1.29 is 18.3 Å². The van der Waals surface area contributed by atoms with E-state index in [-0.39, 0.29) is 17.4 Å². The second-order valence-electron chi connectivity index (χ2n) is 6.00. The molecule has 26 heavy (non-hydrogen) atoms. The van der Waals surface area contributed by atoms with Gasteiger partial charge in [-0.3, -0.25) is 4.79 Å². The molecule has 0 saturated heterocycles. The van der Waals surface area contributed by atoms with E-state index in [9.17, 15) is 13.6 Å². The zero-order chi connectivity index (χ0) is 18.7. The number of nitrogens with zero attached hydrogens (tertiary/aromatic N) is 2. The smallest absolute Gasteiger partial charge is 0.244 e. The number of carbonyl (C=O) groups is 1. The van der Waals surface area contributed by atoms with Crippen LogP contribution in [0.2, 0.25) is 0 Å². The van der Waals surface area contributed by atoms with Crippen molar-refractivity contribution >= 4 is 11.8 Å². The van der Waals surface area contributed by atoms with E-state index in [4.69, 9.17) is 10.5 Å². The van der Waals surface area contributed by atoms with Crippen LogP contribution in [-0.4, -0.2) is 23.4 Å². The Bertz CT molecular complexity index is 842. The summed E-state index contributed by atoms with van der Waals surface area (Å²) in [4.78, 5) is 12.3. The van der Waals surface area contributed by atoms with Crippen LogP contribution in [0.5, 0.6) is 0 Å². The fourth-order valence-electron chi connectivity index (χ4n) is 3.01. The topological polar surface area (TPSA) is 67.9 Å². The number of nitrogens with two attached hydrogens (primary N) is 1. The van der Waals surface area contributed by atoms with Gasteiger partial charge >= 0.3 is 0 Å². The summed E-state index contributed by atoms with van der Waals surface area (Å²) < 4.78 is 33.8. The van der Waals surface area contributed by atoms with Crippen molar-refractivity contribution in [3.63, 3.8) is 0 Å². The molecule has 0 spiro atoms. The molecule has 0 fully saturated rings. The number of amides is 1. The Kier molecular flexibility index (Phi) is 4.99. The fraction of sp³-hybridized carbons (Fsp3) is 0.263. The minimum absolute atomic E-state index is 0.137. The molecule has 1 unspecified atom stereocenters. The molecule has 0 bridgehead atoms. The minimum atomic E-state index is -1.25. The number of carbonyl (C=O) groups excluding carboxylic acids is 1. The molecule has 1 heterocycles. The van der Waals surface area contributed by atoms with Crippen molar-refractivity contribution in [1.29, 1.82) is 0 Å². The van der Waals surface area contributed by atoms with E-state index in [0.29, 0.717) is 24.9 Å². The predicted octanol–water partition coefficient (Wildman–Crippen LogP) is 3.10. The maximum absolute atomic E-state index is 14.2. The highest BCUT2D eigenvalue weighted by molar-refractivity contribution is 5.97. The van der Waals surface area contributed by atoms with Gasteiger partial charge in [0.05, 0.1) is 5.56 Å². The van der Waals surface area contributed by atoms with Gasteiger partial charge in [-0.2, -0.15) is 5.01 Å². The molecule has 2 N–H and O–H groups in total. The fourth-order valence-corrected chi connectivity index (χ4v) is 3.01. The number of hydrazone groups is 1. The Morgan fingerprint density at radius 1 is 1.23 bits per heavy atom. The molecule has 0 aliphatic carbocycles. The van der Waals surface area contributed by atoms with Crippen LogP contribution >= 0.6 is 0 Å². The highest BCUT2D eigenvalue weighted by atomic mass is 19.1. The van der Waals surface area contributed by atoms with Gasteiger partial charge in [0.25, 0.3) is 0 Å². The second-order valence-corrected chi connectivity index (χ2v) is 6.00. The SMILES string of the molecule is CC(=O)N1N=C(c2cc(F)ccc2F)OC1(CCCN)c1ccccc1. The lowest BCUT2D eigenvalue weighted by Gasteiger charge is -2.34. The summed E-state index contributed by atoms with van der Waals surface area (Å²) in [6.07, 6.45) is 0.907. The summed E-state index contributed by atoms with van der Waals surface area (Å²) in [6.45, 7) is 1.73. The molecular weight excluding hydrogens is 340 g/mol. The number of halogens is 2. The van der Waals surface area contributed by atoms with Crippen LogP contribution in [0.3, 0.4) is 0 Å². The van der Waals surface area contributed by atoms with Crippen molar-refractivity contribution in [2.75, 3.05) is 6.54 Å². The monoisotopic (exact) mass is 359 g/mol. The quantitative estimate of drug-likeness (QED) is 0.892. The van der Waals surface area contributed by atoms with Crippen molar-refractivity contribution in [2.45, 2.75) is 25.5 Å². The van der Waals surface area contributed by atoms with Gasteiger partial charge in [0.1, 0.15) is 11.6 Å². The number of ether oxygens (including phenoxy) is 1. The van der Waals surface area contributed by atoms with Gasteiger partial charge in [0, 0.05) is 18.9 Å². The minimum Gasteiger partial charge on any atom is -0.443 e. The number of rotatable bonds is 5. The van der Waals surface area contributed by atoms with E-state index in [1.165, 1.54) is 11.9 Å². The molecule has 2 aromatic rings. The molecule has 5 nitrogen and oxygen atoms in total. The molecule has 0 saturated carbocycles. The number of benzene rings is 2. The largest absolute Gasteiger partial charge is 0.443 e. The van der Waals surface area contributed by atoms with Gasteiger partial charge in [0.15, 0.2) is 0 Å². The van der Waals surface area contributed by atoms with Crippen LogP contribution in [0.25, 0.3) is 0 Å². The Morgan fingerprint density at radius 3 is 2.62 bits per heavy atom. The first-order chi connectivity index (χ1) is 12.5. The first-order valence-electron chi connectivity index (χ1n) is 8.27. The lowest BCUT2D eigenvalue weighted by atomic mass is 9.96. The van der Waals surface area contributed by atoms with E-state index in [1.54, 1.807) is 12.1 Å². The second kappa shape index (κ2) is 7.21. The molecule has 136 valence electrons. The van der Waals surface area contributed by atoms with E-state index < -0.39 is 17.4 Å². The van der Waals surface area contributed by atoms with E-state index in [2.05, 4.69) is 5.10 Å². The summed E-state index contributed by atoms with van der Waals surface area (Å²) in [7, 11) is 0. The maximum Gasteiger partial charge on any atom is 0.244 e.